The summed E-state index contributed by atoms with van der Waals surface area (Å²) in [5.41, 5.74) is 3.20. The molecule has 0 spiro atoms. The Hall–Kier alpha value is -4.03. The highest BCUT2D eigenvalue weighted by Gasteiger charge is 2.46. The minimum atomic E-state index is -0.758. The number of aliphatic hydroxyl groups excluding tert-OH is 1. The van der Waals surface area contributed by atoms with Crippen molar-refractivity contribution in [3.8, 4) is 5.75 Å². The highest BCUT2D eigenvalue weighted by molar-refractivity contribution is 6.46. The molecule has 1 aliphatic heterocycles. The van der Waals surface area contributed by atoms with Crippen LogP contribution in [0.1, 0.15) is 22.7 Å². The molecule has 7 heteroatoms. The fraction of sp³-hybridized carbons (Fsp3) is 0.143. The van der Waals surface area contributed by atoms with E-state index in [0.29, 0.717) is 34.9 Å². The molecule has 176 valence electrons. The van der Waals surface area contributed by atoms with E-state index in [1.165, 1.54) is 4.90 Å². The van der Waals surface area contributed by atoms with Gasteiger partial charge in [0.05, 0.1) is 18.7 Å². The van der Waals surface area contributed by atoms with Crippen molar-refractivity contribution >= 4 is 40.0 Å². The van der Waals surface area contributed by atoms with Gasteiger partial charge in [-0.3, -0.25) is 9.59 Å². The fourth-order valence-electron chi connectivity index (χ4n) is 4.61. The summed E-state index contributed by atoms with van der Waals surface area (Å²) in [5.74, 6) is -1.00. The highest BCUT2D eigenvalue weighted by Crippen LogP contribution is 2.40. The van der Waals surface area contributed by atoms with E-state index in [0.717, 1.165) is 16.5 Å². The Balaban J connectivity index is 1.58. The Bertz CT molecular complexity index is 1460. The van der Waals surface area contributed by atoms with E-state index < -0.39 is 17.7 Å². The second-order valence-electron chi connectivity index (χ2n) is 8.39. The SMILES string of the molecule is COc1cccc(C2/C(=C(\O)c3ccc(Cl)cc3)C(=O)C(=O)N2CCc2c[nH]c3ccccc23)c1. The number of nitrogens with one attached hydrogen (secondary N) is 1. The molecule has 1 saturated heterocycles. The number of halogens is 1. The quantitative estimate of drug-likeness (QED) is 0.214. The molecule has 1 fully saturated rings. The molecular weight excluding hydrogens is 464 g/mol. The number of benzene rings is 3. The largest absolute Gasteiger partial charge is 0.507 e. The number of para-hydroxylation sites is 1. The number of aromatic nitrogens is 1. The van der Waals surface area contributed by atoms with E-state index in [9.17, 15) is 14.7 Å². The van der Waals surface area contributed by atoms with Gasteiger partial charge in [0, 0.05) is 34.2 Å². The number of carbonyl (C=O) groups excluding carboxylic acids is 2. The van der Waals surface area contributed by atoms with Crippen LogP contribution < -0.4 is 4.74 Å². The molecule has 4 aromatic rings. The smallest absolute Gasteiger partial charge is 0.295 e. The third kappa shape index (κ3) is 4.17. The Morgan fingerprint density at radius 1 is 1.06 bits per heavy atom. The molecule has 1 amide bonds. The number of aliphatic hydroxyl groups is 1. The lowest BCUT2D eigenvalue weighted by atomic mass is 9.95. The number of methoxy groups -OCH3 is 1. The van der Waals surface area contributed by atoms with Crippen LogP contribution in [0.5, 0.6) is 5.75 Å². The Morgan fingerprint density at radius 2 is 1.83 bits per heavy atom. The maximum Gasteiger partial charge on any atom is 0.295 e. The number of ether oxygens (including phenoxy) is 1. The summed E-state index contributed by atoms with van der Waals surface area (Å²) in [4.78, 5) is 31.3. The lowest BCUT2D eigenvalue weighted by Gasteiger charge is -2.25. The number of amides is 1. The van der Waals surface area contributed by atoms with Crippen LogP contribution in [0.3, 0.4) is 0 Å². The molecule has 0 aliphatic carbocycles. The first-order chi connectivity index (χ1) is 17.0. The topological polar surface area (TPSA) is 82.6 Å². The average molecular weight is 487 g/mol. The summed E-state index contributed by atoms with van der Waals surface area (Å²) in [6, 6.07) is 20.9. The summed E-state index contributed by atoms with van der Waals surface area (Å²) in [6.45, 7) is 0.297. The molecular formula is C28H23ClN2O4. The van der Waals surface area contributed by atoms with Gasteiger partial charge in [-0.15, -0.1) is 0 Å². The van der Waals surface area contributed by atoms with Crippen LogP contribution in [-0.4, -0.2) is 40.3 Å². The third-order valence-corrected chi connectivity index (χ3v) is 6.62. The molecule has 1 atom stereocenters. The van der Waals surface area contributed by atoms with Crippen LogP contribution >= 0.6 is 11.6 Å². The lowest BCUT2D eigenvalue weighted by molar-refractivity contribution is -0.139. The van der Waals surface area contributed by atoms with E-state index in [-0.39, 0.29) is 11.3 Å². The van der Waals surface area contributed by atoms with Crippen LogP contribution in [0.25, 0.3) is 16.7 Å². The fourth-order valence-corrected chi connectivity index (χ4v) is 4.74. The standard InChI is InChI=1S/C28H23ClN2O4/c1-35-21-6-4-5-18(15-21)25-24(26(32)17-9-11-20(29)12-10-17)27(33)28(34)31(25)14-13-19-16-30-23-8-3-2-7-22(19)23/h2-12,15-16,25,30,32H,13-14H2,1H3/b26-24+. The molecule has 1 aromatic heterocycles. The van der Waals surface area contributed by atoms with Crippen LogP contribution in [0, 0.1) is 0 Å². The van der Waals surface area contributed by atoms with E-state index in [1.807, 2.05) is 36.5 Å². The molecule has 1 unspecified atom stereocenters. The second-order valence-corrected chi connectivity index (χ2v) is 8.82. The molecule has 0 saturated carbocycles. The van der Waals surface area contributed by atoms with Crippen LogP contribution in [0.15, 0.2) is 84.6 Å². The van der Waals surface area contributed by atoms with E-state index in [4.69, 9.17) is 16.3 Å². The zero-order valence-electron chi connectivity index (χ0n) is 19.0. The number of aromatic amines is 1. The Labute approximate surface area is 207 Å². The molecule has 2 N–H and O–H groups in total. The number of fused-ring (bicyclic) bond motifs is 1. The molecule has 5 rings (SSSR count). The number of H-pyrrole nitrogens is 1. The normalized spacial score (nSPS) is 17.3. The highest BCUT2D eigenvalue weighted by atomic mass is 35.5. The van der Waals surface area contributed by atoms with Crippen LogP contribution in [-0.2, 0) is 16.0 Å². The van der Waals surface area contributed by atoms with Gasteiger partial charge in [-0.2, -0.15) is 0 Å². The third-order valence-electron chi connectivity index (χ3n) is 6.36. The zero-order chi connectivity index (χ0) is 24.5. The van der Waals surface area contributed by atoms with Gasteiger partial charge in [0.2, 0.25) is 0 Å². The maximum atomic E-state index is 13.2. The van der Waals surface area contributed by atoms with E-state index >= 15 is 0 Å². The van der Waals surface area contributed by atoms with Crippen molar-refractivity contribution in [2.75, 3.05) is 13.7 Å². The number of likely N-dealkylation sites (tertiary alicyclic amines) is 1. The number of ketones is 1. The van der Waals surface area contributed by atoms with Crippen molar-refractivity contribution in [2.45, 2.75) is 12.5 Å². The predicted molar refractivity (Wildman–Crippen MR) is 135 cm³/mol. The van der Waals surface area contributed by atoms with Crippen molar-refractivity contribution in [1.29, 1.82) is 0 Å². The molecule has 35 heavy (non-hydrogen) atoms. The lowest BCUT2D eigenvalue weighted by Crippen LogP contribution is -2.31. The number of nitrogens with zero attached hydrogens (tertiary/aromatic N) is 1. The summed E-state index contributed by atoms with van der Waals surface area (Å²) < 4.78 is 5.38. The first-order valence-electron chi connectivity index (χ1n) is 11.2. The molecule has 2 heterocycles. The van der Waals surface area contributed by atoms with Crippen LogP contribution in [0.2, 0.25) is 5.02 Å². The minimum absolute atomic E-state index is 0.0458. The maximum absolute atomic E-state index is 13.2. The van der Waals surface area contributed by atoms with Gasteiger partial charge in [0.1, 0.15) is 11.5 Å². The number of Topliss-reactive ketones (excluding diaryl/α,β-unsaturated/α-hetero) is 1. The average Bonchev–Trinajstić information content (AvgIpc) is 3.41. The minimum Gasteiger partial charge on any atom is -0.507 e. The monoisotopic (exact) mass is 486 g/mol. The predicted octanol–water partition coefficient (Wildman–Crippen LogP) is 5.49. The molecule has 0 bridgehead atoms. The molecule has 3 aromatic carbocycles. The van der Waals surface area contributed by atoms with Gasteiger partial charge in [0.15, 0.2) is 0 Å². The number of hydrogen-bond donors (Lipinski definition) is 2. The van der Waals surface area contributed by atoms with Gasteiger partial charge < -0.3 is 19.7 Å². The van der Waals surface area contributed by atoms with Gasteiger partial charge in [-0.1, -0.05) is 41.9 Å². The Morgan fingerprint density at radius 3 is 2.60 bits per heavy atom. The van der Waals surface area contributed by atoms with Crippen molar-refractivity contribution in [2.24, 2.45) is 0 Å². The van der Waals surface area contributed by atoms with Crippen LogP contribution in [0.4, 0.5) is 0 Å². The Kier molecular flexibility index (Phi) is 6.05. The van der Waals surface area contributed by atoms with Gasteiger partial charge in [-0.25, -0.2) is 0 Å². The van der Waals surface area contributed by atoms with Crippen molar-refractivity contribution in [1.82, 2.24) is 9.88 Å². The first-order valence-corrected chi connectivity index (χ1v) is 11.6. The summed E-state index contributed by atoms with van der Waals surface area (Å²) in [6.07, 6.45) is 2.47. The van der Waals surface area contributed by atoms with Gasteiger partial charge in [0.25, 0.3) is 11.7 Å². The van der Waals surface area contributed by atoms with E-state index in [2.05, 4.69) is 4.98 Å². The summed E-state index contributed by atoms with van der Waals surface area (Å²) in [5, 5.41) is 12.7. The first kappa shape index (κ1) is 22.7. The van der Waals surface area contributed by atoms with Crippen molar-refractivity contribution in [3.63, 3.8) is 0 Å². The van der Waals surface area contributed by atoms with E-state index in [1.54, 1.807) is 49.6 Å². The molecule has 6 nitrogen and oxygen atoms in total. The summed E-state index contributed by atoms with van der Waals surface area (Å²) in [7, 11) is 1.56. The van der Waals surface area contributed by atoms with Crippen molar-refractivity contribution in [3.05, 3.63) is 106 Å². The second kappa shape index (κ2) is 9.31. The number of carbonyl (C=O) groups is 2. The zero-order valence-corrected chi connectivity index (χ0v) is 19.8. The summed E-state index contributed by atoms with van der Waals surface area (Å²) >= 11 is 6.00. The number of hydrogen-bond acceptors (Lipinski definition) is 4. The van der Waals surface area contributed by atoms with Gasteiger partial charge >= 0.3 is 0 Å². The molecule has 0 radical (unpaired) electrons. The van der Waals surface area contributed by atoms with Gasteiger partial charge in [-0.05, 0) is 60.0 Å². The number of rotatable bonds is 6. The molecule has 1 aliphatic rings. The van der Waals surface area contributed by atoms with Crippen molar-refractivity contribution < 1.29 is 19.4 Å².